The number of nitrogens with one attached hydrogen (secondary N) is 2. The van der Waals surface area contributed by atoms with E-state index in [9.17, 15) is 8.42 Å². The molecule has 0 aliphatic heterocycles. The Labute approximate surface area is 125 Å². The zero-order valence-electron chi connectivity index (χ0n) is 10.8. The van der Waals surface area contributed by atoms with Crippen LogP contribution in [0.5, 0.6) is 5.75 Å². The molecule has 2 N–H and O–H groups in total. The Kier molecular flexibility index (Phi) is 8.36. The van der Waals surface area contributed by atoms with Gasteiger partial charge < -0.3 is 10.1 Å². The van der Waals surface area contributed by atoms with E-state index in [0.717, 1.165) is 6.54 Å². The molecule has 0 aliphatic carbocycles. The smallest absolute Gasteiger partial charge is 0.244 e. The van der Waals surface area contributed by atoms with E-state index < -0.39 is 10.0 Å². The summed E-state index contributed by atoms with van der Waals surface area (Å²) in [5.41, 5.74) is 0. The molecule has 0 saturated carbocycles. The summed E-state index contributed by atoms with van der Waals surface area (Å²) in [4.78, 5) is 0.0574. The molecule has 0 fully saturated rings. The van der Waals surface area contributed by atoms with Gasteiger partial charge in [0.1, 0.15) is 10.6 Å². The predicted molar refractivity (Wildman–Crippen MR) is 79.0 cm³/mol. The van der Waals surface area contributed by atoms with Crippen molar-refractivity contribution in [3.63, 3.8) is 0 Å². The van der Waals surface area contributed by atoms with Crippen molar-refractivity contribution < 1.29 is 13.2 Å². The summed E-state index contributed by atoms with van der Waals surface area (Å²) < 4.78 is 31.6. The van der Waals surface area contributed by atoms with Crippen LogP contribution in [0.3, 0.4) is 0 Å². The van der Waals surface area contributed by atoms with Crippen LogP contribution in [-0.2, 0) is 10.0 Å². The fraction of sp³-hybridized carbons (Fsp3) is 0.455. The van der Waals surface area contributed by atoms with Gasteiger partial charge in [-0.1, -0.05) is 11.6 Å². The molecule has 0 saturated heterocycles. The first-order valence-corrected chi connectivity index (χ1v) is 7.35. The number of sulfonamides is 1. The second kappa shape index (κ2) is 8.60. The highest BCUT2D eigenvalue weighted by Crippen LogP contribution is 2.26. The van der Waals surface area contributed by atoms with E-state index in [1.54, 1.807) is 6.07 Å². The third kappa shape index (κ3) is 5.54. The Bertz CT molecular complexity index is 495. The van der Waals surface area contributed by atoms with Crippen molar-refractivity contribution in [1.82, 2.24) is 10.0 Å². The molecule has 0 spiro atoms. The van der Waals surface area contributed by atoms with Crippen LogP contribution >= 0.6 is 24.0 Å². The summed E-state index contributed by atoms with van der Waals surface area (Å²) in [7, 11) is -0.359. The second-order valence-electron chi connectivity index (χ2n) is 3.65. The van der Waals surface area contributed by atoms with E-state index in [0.29, 0.717) is 18.0 Å². The fourth-order valence-corrected chi connectivity index (χ4v) is 2.91. The highest BCUT2D eigenvalue weighted by Gasteiger charge is 2.19. The molecule has 0 aromatic heterocycles. The minimum absolute atomic E-state index is 0. The monoisotopic (exact) mass is 328 g/mol. The Morgan fingerprint density at radius 2 is 2.00 bits per heavy atom. The van der Waals surface area contributed by atoms with Crippen LogP contribution in [0.1, 0.15) is 6.42 Å². The summed E-state index contributed by atoms with van der Waals surface area (Å²) in [5, 5.41) is 3.30. The van der Waals surface area contributed by atoms with Crippen LogP contribution in [0.4, 0.5) is 0 Å². The van der Waals surface area contributed by atoms with E-state index >= 15 is 0 Å². The average molecular weight is 329 g/mol. The van der Waals surface area contributed by atoms with Gasteiger partial charge >= 0.3 is 0 Å². The Hall–Kier alpha value is -0.530. The zero-order chi connectivity index (χ0) is 13.6. The Morgan fingerprint density at radius 1 is 1.32 bits per heavy atom. The number of hydrogen-bond acceptors (Lipinski definition) is 4. The zero-order valence-corrected chi connectivity index (χ0v) is 13.2. The standard InChI is InChI=1S/C11H17ClN2O3S.ClH/c1-13-6-3-7-14-18(15,16)11-8-9(12)4-5-10(11)17-2;/h4-5,8,13-14H,3,6-7H2,1-2H3;1H. The Morgan fingerprint density at radius 3 is 2.58 bits per heavy atom. The van der Waals surface area contributed by atoms with Gasteiger partial charge in [-0.05, 0) is 38.2 Å². The topological polar surface area (TPSA) is 67.4 Å². The molecule has 1 rings (SSSR count). The predicted octanol–water partition coefficient (Wildman–Crippen LogP) is 1.66. The molecule has 8 heteroatoms. The van der Waals surface area contributed by atoms with Crippen molar-refractivity contribution in [1.29, 1.82) is 0 Å². The van der Waals surface area contributed by atoms with Gasteiger partial charge in [0.2, 0.25) is 10.0 Å². The molecule has 0 amide bonds. The minimum Gasteiger partial charge on any atom is -0.495 e. The van der Waals surface area contributed by atoms with Crippen LogP contribution in [0.25, 0.3) is 0 Å². The third-order valence-electron chi connectivity index (χ3n) is 2.31. The molecular formula is C11H18Cl2N2O3S. The SMILES string of the molecule is CNCCCNS(=O)(=O)c1cc(Cl)ccc1OC.Cl. The molecule has 0 unspecified atom stereocenters. The van der Waals surface area contributed by atoms with Gasteiger partial charge in [-0.2, -0.15) is 0 Å². The molecule has 0 aliphatic rings. The van der Waals surface area contributed by atoms with Crippen molar-refractivity contribution in [3.05, 3.63) is 23.2 Å². The van der Waals surface area contributed by atoms with Gasteiger partial charge in [0, 0.05) is 11.6 Å². The molecule has 19 heavy (non-hydrogen) atoms. The van der Waals surface area contributed by atoms with Crippen molar-refractivity contribution in [3.8, 4) is 5.75 Å². The van der Waals surface area contributed by atoms with Gasteiger partial charge in [0.25, 0.3) is 0 Å². The number of hydrogen-bond donors (Lipinski definition) is 2. The molecule has 0 radical (unpaired) electrons. The highest BCUT2D eigenvalue weighted by molar-refractivity contribution is 7.89. The fourth-order valence-electron chi connectivity index (χ4n) is 1.41. The summed E-state index contributed by atoms with van der Waals surface area (Å²) in [6, 6.07) is 4.49. The lowest BCUT2D eigenvalue weighted by Gasteiger charge is -2.10. The first kappa shape index (κ1) is 18.5. The molecule has 0 atom stereocenters. The van der Waals surface area contributed by atoms with E-state index in [1.807, 2.05) is 7.05 Å². The van der Waals surface area contributed by atoms with E-state index in [4.69, 9.17) is 16.3 Å². The van der Waals surface area contributed by atoms with Crippen LogP contribution in [-0.4, -0.2) is 35.7 Å². The van der Waals surface area contributed by atoms with Crippen LogP contribution in [0, 0.1) is 0 Å². The number of rotatable bonds is 7. The molecule has 0 heterocycles. The maximum atomic E-state index is 12.1. The quantitative estimate of drug-likeness (QED) is 0.747. The van der Waals surface area contributed by atoms with Crippen molar-refractivity contribution in [2.24, 2.45) is 0 Å². The maximum Gasteiger partial charge on any atom is 0.244 e. The van der Waals surface area contributed by atoms with Crippen molar-refractivity contribution in [2.45, 2.75) is 11.3 Å². The van der Waals surface area contributed by atoms with Crippen LogP contribution in [0.2, 0.25) is 5.02 Å². The van der Waals surface area contributed by atoms with E-state index in [2.05, 4.69) is 10.0 Å². The molecule has 110 valence electrons. The first-order chi connectivity index (χ1) is 8.51. The Balaban J connectivity index is 0.00000324. The average Bonchev–Trinajstić information content (AvgIpc) is 2.35. The van der Waals surface area contributed by atoms with E-state index in [-0.39, 0.29) is 23.1 Å². The molecule has 1 aromatic rings. The molecule has 1 aromatic carbocycles. The summed E-state index contributed by atoms with van der Waals surface area (Å²) >= 11 is 5.81. The van der Waals surface area contributed by atoms with Gasteiger partial charge in [-0.3, -0.25) is 0 Å². The van der Waals surface area contributed by atoms with Gasteiger partial charge in [-0.15, -0.1) is 12.4 Å². The number of benzene rings is 1. The van der Waals surface area contributed by atoms with Gasteiger partial charge in [-0.25, -0.2) is 13.1 Å². The normalized spacial score (nSPS) is 10.9. The summed E-state index contributed by atoms with van der Waals surface area (Å²) in [6.07, 6.45) is 0.707. The van der Waals surface area contributed by atoms with Gasteiger partial charge in [0.15, 0.2) is 0 Å². The van der Waals surface area contributed by atoms with E-state index in [1.165, 1.54) is 19.2 Å². The summed E-state index contributed by atoms with van der Waals surface area (Å²) in [6.45, 7) is 1.11. The van der Waals surface area contributed by atoms with Crippen LogP contribution < -0.4 is 14.8 Å². The van der Waals surface area contributed by atoms with Crippen molar-refractivity contribution >= 4 is 34.0 Å². The van der Waals surface area contributed by atoms with Crippen molar-refractivity contribution in [2.75, 3.05) is 27.2 Å². The second-order valence-corrected chi connectivity index (χ2v) is 5.82. The minimum atomic E-state index is -3.59. The number of methoxy groups -OCH3 is 1. The number of ether oxygens (including phenoxy) is 1. The number of halogens is 2. The van der Waals surface area contributed by atoms with Crippen LogP contribution in [0.15, 0.2) is 23.1 Å². The summed E-state index contributed by atoms with van der Waals surface area (Å²) in [5.74, 6) is 0.278. The lowest BCUT2D eigenvalue weighted by molar-refractivity contribution is 0.402. The molecule has 0 bridgehead atoms. The first-order valence-electron chi connectivity index (χ1n) is 5.49. The van der Waals surface area contributed by atoms with Gasteiger partial charge in [0.05, 0.1) is 7.11 Å². The molecule has 5 nitrogen and oxygen atoms in total. The highest BCUT2D eigenvalue weighted by atomic mass is 35.5. The third-order valence-corrected chi connectivity index (χ3v) is 4.03. The lowest BCUT2D eigenvalue weighted by Crippen LogP contribution is -2.27. The maximum absolute atomic E-state index is 12.1. The largest absolute Gasteiger partial charge is 0.495 e. The lowest BCUT2D eigenvalue weighted by atomic mass is 10.3. The molecular weight excluding hydrogens is 311 g/mol.